The number of carbonyl (C=O) groups is 1. The molecule has 6 heteroatoms. The first-order valence-electron chi connectivity index (χ1n) is 10.4. The molecule has 1 saturated heterocycles. The SMILES string of the molecule is Cc1ccc(C2SCCC(=O)N2CCCCNc2ccnc3cc(Cl)ccc23)cc1. The fourth-order valence-corrected chi connectivity index (χ4v) is 5.21. The highest BCUT2D eigenvalue weighted by Gasteiger charge is 2.29. The third-order valence-corrected chi connectivity index (χ3v) is 6.92. The molecule has 156 valence electrons. The molecule has 0 radical (unpaired) electrons. The van der Waals surface area contributed by atoms with Crippen LogP contribution in [0.3, 0.4) is 0 Å². The van der Waals surface area contributed by atoms with E-state index in [1.54, 1.807) is 6.20 Å². The van der Waals surface area contributed by atoms with Gasteiger partial charge in [0.2, 0.25) is 5.91 Å². The molecular weight excluding hydrogens is 414 g/mol. The molecule has 2 heterocycles. The standard InChI is InChI=1S/C24H26ClN3OS/c1-17-4-6-18(7-5-17)24-28(23(29)11-15-30-24)14-3-2-12-26-21-10-13-27-22-16-19(25)8-9-20(21)22/h4-10,13,16,24H,2-3,11-12,14-15H2,1H3,(H,26,27). The molecule has 30 heavy (non-hydrogen) atoms. The zero-order chi connectivity index (χ0) is 20.9. The van der Waals surface area contributed by atoms with Gasteiger partial charge in [-0.05, 0) is 49.6 Å². The van der Waals surface area contributed by atoms with Gasteiger partial charge in [0.05, 0.1) is 5.52 Å². The molecule has 4 rings (SSSR count). The van der Waals surface area contributed by atoms with Crippen LogP contribution in [0.25, 0.3) is 10.9 Å². The van der Waals surface area contributed by atoms with Crippen molar-refractivity contribution >= 4 is 45.9 Å². The summed E-state index contributed by atoms with van der Waals surface area (Å²) in [5, 5.41) is 5.41. The van der Waals surface area contributed by atoms with E-state index in [-0.39, 0.29) is 11.3 Å². The van der Waals surface area contributed by atoms with E-state index < -0.39 is 0 Å². The number of anilines is 1. The number of thioether (sulfide) groups is 1. The van der Waals surface area contributed by atoms with Gasteiger partial charge in [-0.3, -0.25) is 9.78 Å². The molecule has 2 aromatic carbocycles. The molecule has 1 aliphatic rings. The van der Waals surface area contributed by atoms with Gasteiger partial charge in [-0.15, -0.1) is 11.8 Å². The molecule has 4 nitrogen and oxygen atoms in total. The second-order valence-corrected chi connectivity index (χ2v) is 9.25. The molecule has 0 spiro atoms. The zero-order valence-electron chi connectivity index (χ0n) is 17.1. The number of carbonyl (C=O) groups excluding carboxylic acids is 1. The molecule has 0 aliphatic carbocycles. The molecule has 1 fully saturated rings. The van der Waals surface area contributed by atoms with Crippen molar-refractivity contribution in [3.63, 3.8) is 0 Å². The summed E-state index contributed by atoms with van der Waals surface area (Å²) in [5.74, 6) is 1.17. The van der Waals surface area contributed by atoms with E-state index in [2.05, 4.69) is 46.4 Å². The van der Waals surface area contributed by atoms with Crippen molar-refractivity contribution in [2.45, 2.75) is 31.6 Å². The third kappa shape index (κ3) is 4.90. The van der Waals surface area contributed by atoms with Crippen molar-refractivity contribution in [2.24, 2.45) is 0 Å². The maximum atomic E-state index is 12.6. The van der Waals surface area contributed by atoms with Crippen LogP contribution in [0.15, 0.2) is 54.7 Å². The Morgan fingerprint density at radius 2 is 2.00 bits per heavy atom. The number of hydrogen-bond donors (Lipinski definition) is 1. The number of aryl methyl sites for hydroxylation is 1. The highest BCUT2D eigenvalue weighted by molar-refractivity contribution is 7.99. The van der Waals surface area contributed by atoms with Crippen LogP contribution in [0.4, 0.5) is 5.69 Å². The fourth-order valence-electron chi connectivity index (χ4n) is 3.78. The first kappa shape index (κ1) is 21.0. The van der Waals surface area contributed by atoms with Crippen LogP contribution < -0.4 is 5.32 Å². The summed E-state index contributed by atoms with van der Waals surface area (Å²) in [7, 11) is 0. The Labute approximate surface area is 187 Å². The smallest absolute Gasteiger partial charge is 0.224 e. The van der Waals surface area contributed by atoms with E-state index >= 15 is 0 Å². The third-order valence-electron chi connectivity index (χ3n) is 5.40. The molecule has 0 bridgehead atoms. The number of unbranched alkanes of at least 4 members (excludes halogenated alkanes) is 1. The summed E-state index contributed by atoms with van der Waals surface area (Å²) in [5.41, 5.74) is 4.43. The van der Waals surface area contributed by atoms with E-state index in [4.69, 9.17) is 11.6 Å². The molecular formula is C24H26ClN3OS. The maximum absolute atomic E-state index is 12.6. The van der Waals surface area contributed by atoms with Crippen molar-refractivity contribution in [1.29, 1.82) is 0 Å². The maximum Gasteiger partial charge on any atom is 0.224 e. The predicted octanol–water partition coefficient (Wildman–Crippen LogP) is 6.05. The average molecular weight is 440 g/mol. The quantitative estimate of drug-likeness (QED) is 0.455. The van der Waals surface area contributed by atoms with Crippen LogP contribution in [0, 0.1) is 6.92 Å². The van der Waals surface area contributed by atoms with E-state index in [1.807, 2.05) is 36.0 Å². The summed E-state index contributed by atoms with van der Waals surface area (Å²) in [6, 6.07) is 16.3. The molecule has 1 amide bonds. The fraction of sp³-hybridized carbons (Fsp3) is 0.333. The van der Waals surface area contributed by atoms with Gasteiger partial charge in [0.25, 0.3) is 0 Å². The van der Waals surface area contributed by atoms with Gasteiger partial charge in [-0.1, -0.05) is 41.4 Å². The highest BCUT2D eigenvalue weighted by Crippen LogP contribution is 2.37. The summed E-state index contributed by atoms with van der Waals surface area (Å²) in [6.45, 7) is 3.74. The highest BCUT2D eigenvalue weighted by atomic mass is 35.5. The number of benzene rings is 2. The largest absolute Gasteiger partial charge is 0.384 e. The molecule has 1 N–H and O–H groups in total. The molecule has 3 aromatic rings. The topological polar surface area (TPSA) is 45.2 Å². The number of hydrogen-bond acceptors (Lipinski definition) is 4. The number of rotatable bonds is 7. The Morgan fingerprint density at radius 3 is 2.83 bits per heavy atom. The Kier molecular flexibility index (Phi) is 6.80. The number of pyridine rings is 1. The lowest BCUT2D eigenvalue weighted by atomic mass is 10.1. The van der Waals surface area contributed by atoms with Crippen LogP contribution in [0.1, 0.15) is 35.8 Å². The monoisotopic (exact) mass is 439 g/mol. The summed E-state index contributed by atoms with van der Waals surface area (Å²) < 4.78 is 0. The van der Waals surface area contributed by atoms with Gasteiger partial charge in [0.15, 0.2) is 0 Å². The molecule has 1 atom stereocenters. The van der Waals surface area contributed by atoms with Crippen molar-refractivity contribution in [3.05, 3.63) is 70.9 Å². The van der Waals surface area contributed by atoms with Crippen molar-refractivity contribution < 1.29 is 4.79 Å². The normalized spacial score (nSPS) is 16.8. The summed E-state index contributed by atoms with van der Waals surface area (Å²) in [4.78, 5) is 19.0. The first-order valence-corrected chi connectivity index (χ1v) is 11.8. The Bertz CT molecular complexity index is 1020. The second-order valence-electron chi connectivity index (χ2n) is 7.62. The Hall–Kier alpha value is -2.24. The van der Waals surface area contributed by atoms with Gasteiger partial charge in [0, 0.05) is 47.6 Å². The van der Waals surface area contributed by atoms with Gasteiger partial charge >= 0.3 is 0 Å². The molecule has 1 aromatic heterocycles. The lowest BCUT2D eigenvalue weighted by molar-refractivity contribution is -0.132. The Balaban J connectivity index is 1.33. The lowest BCUT2D eigenvalue weighted by Crippen LogP contribution is -2.38. The summed E-state index contributed by atoms with van der Waals surface area (Å²) >= 11 is 7.94. The van der Waals surface area contributed by atoms with Crippen molar-refractivity contribution in [3.8, 4) is 0 Å². The lowest BCUT2D eigenvalue weighted by Gasteiger charge is -2.35. The van der Waals surface area contributed by atoms with Gasteiger partial charge in [-0.25, -0.2) is 0 Å². The van der Waals surface area contributed by atoms with Crippen molar-refractivity contribution in [2.75, 3.05) is 24.2 Å². The van der Waals surface area contributed by atoms with Crippen LogP contribution in [0.5, 0.6) is 0 Å². The minimum Gasteiger partial charge on any atom is -0.384 e. The average Bonchev–Trinajstić information content (AvgIpc) is 2.75. The van der Waals surface area contributed by atoms with Crippen LogP contribution in [-0.2, 0) is 4.79 Å². The number of fused-ring (bicyclic) bond motifs is 1. The predicted molar refractivity (Wildman–Crippen MR) is 127 cm³/mol. The number of nitrogens with zero attached hydrogens (tertiary/aromatic N) is 2. The van der Waals surface area contributed by atoms with E-state index in [9.17, 15) is 4.79 Å². The first-order chi connectivity index (χ1) is 14.6. The van der Waals surface area contributed by atoms with E-state index in [0.29, 0.717) is 11.4 Å². The van der Waals surface area contributed by atoms with E-state index in [0.717, 1.165) is 48.3 Å². The van der Waals surface area contributed by atoms with Gasteiger partial charge < -0.3 is 10.2 Å². The summed E-state index contributed by atoms with van der Waals surface area (Å²) in [6.07, 6.45) is 4.40. The number of halogens is 1. The minimum atomic E-state index is 0.133. The van der Waals surface area contributed by atoms with Gasteiger partial charge in [0.1, 0.15) is 5.37 Å². The van der Waals surface area contributed by atoms with Crippen LogP contribution in [-0.4, -0.2) is 34.6 Å². The van der Waals surface area contributed by atoms with Crippen molar-refractivity contribution in [1.82, 2.24) is 9.88 Å². The number of aromatic nitrogens is 1. The van der Waals surface area contributed by atoms with Crippen LogP contribution >= 0.6 is 23.4 Å². The number of amides is 1. The van der Waals surface area contributed by atoms with E-state index in [1.165, 1.54) is 11.1 Å². The molecule has 0 saturated carbocycles. The molecule has 1 aliphatic heterocycles. The second kappa shape index (κ2) is 9.71. The molecule has 1 unspecified atom stereocenters. The number of nitrogens with one attached hydrogen (secondary N) is 1. The van der Waals surface area contributed by atoms with Crippen LogP contribution in [0.2, 0.25) is 5.02 Å². The Morgan fingerprint density at radius 1 is 1.17 bits per heavy atom. The minimum absolute atomic E-state index is 0.133. The zero-order valence-corrected chi connectivity index (χ0v) is 18.7. The van der Waals surface area contributed by atoms with Gasteiger partial charge in [-0.2, -0.15) is 0 Å².